The summed E-state index contributed by atoms with van der Waals surface area (Å²) in [6, 6.07) is 6.92. The minimum absolute atomic E-state index is 0.00537. The molecule has 2 rings (SSSR count). The Bertz CT molecular complexity index is 525. The number of carbonyl (C=O) groups is 2. The van der Waals surface area contributed by atoms with E-state index in [9.17, 15) is 9.59 Å². The lowest BCUT2D eigenvalue weighted by molar-refractivity contribution is -0.140. The third kappa shape index (κ3) is 5.43. The van der Waals surface area contributed by atoms with E-state index in [1.807, 2.05) is 4.90 Å². The minimum Gasteiger partial charge on any atom is -0.484 e. The molecule has 1 aliphatic heterocycles. The van der Waals surface area contributed by atoms with Crippen molar-refractivity contribution in [1.29, 1.82) is 0 Å². The molecule has 0 atom stereocenters. The molecule has 1 heterocycles. The monoisotopic (exact) mass is 338 g/mol. The van der Waals surface area contributed by atoms with Crippen LogP contribution in [0.1, 0.15) is 26.2 Å². The van der Waals surface area contributed by atoms with Crippen molar-refractivity contribution in [1.82, 2.24) is 9.80 Å². The smallest absolute Gasteiger partial charge is 0.260 e. The van der Waals surface area contributed by atoms with Gasteiger partial charge < -0.3 is 14.5 Å². The highest BCUT2D eigenvalue weighted by molar-refractivity contribution is 6.30. The van der Waals surface area contributed by atoms with Crippen molar-refractivity contribution >= 4 is 23.4 Å². The number of hydrogen-bond acceptors (Lipinski definition) is 3. The normalized spacial score (nSPS) is 14.7. The number of nitrogens with zero attached hydrogens (tertiary/aromatic N) is 2. The Morgan fingerprint density at radius 2 is 1.61 bits per heavy atom. The lowest BCUT2D eigenvalue weighted by Crippen LogP contribution is -2.51. The van der Waals surface area contributed by atoms with Crippen LogP contribution in [0.15, 0.2) is 24.3 Å². The Hall–Kier alpha value is -1.75. The molecular formula is C17H23ClN2O3. The Morgan fingerprint density at radius 1 is 1.04 bits per heavy atom. The maximum absolute atomic E-state index is 12.2. The van der Waals surface area contributed by atoms with Crippen molar-refractivity contribution < 1.29 is 14.3 Å². The zero-order valence-corrected chi connectivity index (χ0v) is 14.2. The van der Waals surface area contributed by atoms with Crippen LogP contribution in [0.4, 0.5) is 0 Å². The van der Waals surface area contributed by atoms with E-state index in [4.69, 9.17) is 16.3 Å². The SMILES string of the molecule is CCCCC(=O)N1CCN(C(=O)COc2ccc(Cl)cc2)CC1. The first-order chi connectivity index (χ1) is 11.1. The third-order valence-corrected chi connectivity index (χ3v) is 4.16. The molecule has 0 spiro atoms. The van der Waals surface area contributed by atoms with Gasteiger partial charge in [-0.2, -0.15) is 0 Å². The molecule has 0 aliphatic carbocycles. The van der Waals surface area contributed by atoms with Crippen molar-refractivity contribution in [3.8, 4) is 5.75 Å². The van der Waals surface area contributed by atoms with E-state index in [-0.39, 0.29) is 18.4 Å². The van der Waals surface area contributed by atoms with Gasteiger partial charge in [-0.1, -0.05) is 24.9 Å². The second-order valence-electron chi connectivity index (χ2n) is 5.61. The number of unbranched alkanes of at least 4 members (excludes halogenated alkanes) is 1. The molecule has 0 bridgehead atoms. The molecule has 2 amide bonds. The zero-order valence-electron chi connectivity index (χ0n) is 13.5. The molecule has 126 valence electrons. The van der Waals surface area contributed by atoms with Gasteiger partial charge in [-0.3, -0.25) is 9.59 Å². The first-order valence-corrected chi connectivity index (χ1v) is 8.42. The molecule has 1 aliphatic rings. The Kier molecular flexibility index (Phi) is 6.71. The summed E-state index contributed by atoms with van der Waals surface area (Å²) in [5.41, 5.74) is 0. The summed E-state index contributed by atoms with van der Waals surface area (Å²) < 4.78 is 5.47. The standard InChI is InChI=1S/C17H23ClN2O3/c1-2-3-4-16(21)19-9-11-20(12-10-19)17(22)13-23-15-7-5-14(18)6-8-15/h5-8H,2-4,9-13H2,1H3. The van der Waals surface area contributed by atoms with Gasteiger partial charge >= 0.3 is 0 Å². The van der Waals surface area contributed by atoms with Gasteiger partial charge in [-0.15, -0.1) is 0 Å². The Morgan fingerprint density at radius 3 is 2.17 bits per heavy atom. The molecule has 23 heavy (non-hydrogen) atoms. The van der Waals surface area contributed by atoms with E-state index in [2.05, 4.69) is 6.92 Å². The number of carbonyl (C=O) groups excluding carboxylic acids is 2. The second kappa shape index (κ2) is 8.77. The van der Waals surface area contributed by atoms with Crippen molar-refractivity contribution in [2.75, 3.05) is 32.8 Å². The number of piperazine rings is 1. The van der Waals surface area contributed by atoms with Gasteiger partial charge in [0.1, 0.15) is 5.75 Å². The van der Waals surface area contributed by atoms with Gasteiger partial charge in [0, 0.05) is 37.6 Å². The first kappa shape index (κ1) is 17.6. The van der Waals surface area contributed by atoms with Crippen LogP contribution in [0.25, 0.3) is 0 Å². The van der Waals surface area contributed by atoms with Crippen molar-refractivity contribution in [2.24, 2.45) is 0 Å². The summed E-state index contributed by atoms with van der Waals surface area (Å²) in [4.78, 5) is 27.7. The quantitative estimate of drug-likeness (QED) is 0.801. The zero-order chi connectivity index (χ0) is 16.7. The van der Waals surface area contributed by atoms with Crippen LogP contribution in [-0.4, -0.2) is 54.4 Å². The summed E-state index contributed by atoms with van der Waals surface area (Å²) >= 11 is 5.80. The molecule has 5 nitrogen and oxygen atoms in total. The summed E-state index contributed by atoms with van der Waals surface area (Å²) in [7, 11) is 0. The summed E-state index contributed by atoms with van der Waals surface area (Å²) in [6.07, 6.45) is 2.54. The van der Waals surface area contributed by atoms with E-state index in [1.165, 1.54) is 0 Å². The predicted octanol–water partition coefficient (Wildman–Crippen LogP) is 2.58. The third-order valence-electron chi connectivity index (χ3n) is 3.91. The average Bonchev–Trinajstić information content (AvgIpc) is 2.59. The highest BCUT2D eigenvalue weighted by atomic mass is 35.5. The van der Waals surface area contributed by atoms with Gasteiger partial charge in [-0.05, 0) is 30.7 Å². The molecule has 0 N–H and O–H groups in total. The molecular weight excluding hydrogens is 316 g/mol. The predicted molar refractivity (Wildman–Crippen MR) is 89.6 cm³/mol. The van der Waals surface area contributed by atoms with Gasteiger partial charge in [0.2, 0.25) is 5.91 Å². The summed E-state index contributed by atoms with van der Waals surface area (Å²) in [5, 5.41) is 0.632. The van der Waals surface area contributed by atoms with Crippen LogP contribution in [0.3, 0.4) is 0 Å². The minimum atomic E-state index is -0.0550. The molecule has 1 saturated heterocycles. The molecule has 0 unspecified atom stereocenters. The number of ether oxygens (including phenoxy) is 1. The van der Waals surface area contributed by atoms with Crippen molar-refractivity contribution in [3.05, 3.63) is 29.3 Å². The van der Waals surface area contributed by atoms with Crippen LogP contribution >= 0.6 is 11.6 Å². The number of amides is 2. The van der Waals surface area contributed by atoms with E-state index in [0.717, 1.165) is 12.8 Å². The van der Waals surface area contributed by atoms with Crippen LogP contribution < -0.4 is 4.74 Å². The topological polar surface area (TPSA) is 49.9 Å². The van der Waals surface area contributed by atoms with Crippen molar-refractivity contribution in [2.45, 2.75) is 26.2 Å². The Balaban J connectivity index is 1.73. The fourth-order valence-electron chi connectivity index (χ4n) is 2.46. The van der Waals surface area contributed by atoms with Crippen LogP contribution in [0, 0.1) is 0 Å². The van der Waals surface area contributed by atoms with E-state index < -0.39 is 0 Å². The molecule has 1 aromatic rings. The Labute approximate surface area is 142 Å². The maximum atomic E-state index is 12.2. The van der Waals surface area contributed by atoms with Crippen LogP contribution in [0.2, 0.25) is 5.02 Å². The molecule has 6 heteroatoms. The lowest BCUT2D eigenvalue weighted by Gasteiger charge is -2.34. The van der Waals surface area contributed by atoms with Gasteiger partial charge in [0.25, 0.3) is 5.91 Å². The van der Waals surface area contributed by atoms with Crippen molar-refractivity contribution in [3.63, 3.8) is 0 Å². The van der Waals surface area contributed by atoms with E-state index in [0.29, 0.717) is 43.4 Å². The van der Waals surface area contributed by atoms with Gasteiger partial charge in [-0.25, -0.2) is 0 Å². The summed E-state index contributed by atoms with van der Waals surface area (Å²) in [5.74, 6) is 0.757. The summed E-state index contributed by atoms with van der Waals surface area (Å²) in [6.45, 7) is 4.43. The van der Waals surface area contributed by atoms with Gasteiger partial charge in [0.15, 0.2) is 6.61 Å². The number of rotatable bonds is 6. The number of hydrogen-bond donors (Lipinski definition) is 0. The largest absolute Gasteiger partial charge is 0.484 e. The fourth-order valence-corrected chi connectivity index (χ4v) is 2.58. The number of benzene rings is 1. The van der Waals surface area contributed by atoms with E-state index >= 15 is 0 Å². The molecule has 1 aromatic carbocycles. The molecule has 0 aromatic heterocycles. The molecule has 0 saturated carbocycles. The molecule has 1 fully saturated rings. The maximum Gasteiger partial charge on any atom is 0.260 e. The average molecular weight is 339 g/mol. The lowest BCUT2D eigenvalue weighted by atomic mass is 10.2. The highest BCUT2D eigenvalue weighted by Crippen LogP contribution is 2.15. The van der Waals surface area contributed by atoms with Crippen LogP contribution in [0.5, 0.6) is 5.75 Å². The highest BCUT2D eigenvalue weighted by Gasteiger charge is 2.23. The molecule has 0 radical (unpaired) electrons. The second-order valence-corrected chi connectivity index (χ2v) is 6.04. The van der Waals surface area contributed by atoms with Crippen LogP contribution in [-0.2, 0) is 9.59 Å². The van der Waals surface area contributed by atoms with E-state index in [1.54, 1.807) is 29.2 Å². The first-order valence-electron chi connectivity index (χ1n) is 8.04. The van der Waals surface area contributed by atoms with Gasteiger partial charge in [0.05, 0.1) is 0 Å². The number of halogens is 1. The fraction of sp³-hybridized carbons (Fsp3) is 0.529.